The summed E-state index contributed by atoms with van der Waals surface area (Å²) in [6, 6.07) is 0. The van der Waals surface area contributed by atoms with E-state index in [1.807, 2.05) is 6.92 Å². The number of aliphatic hydroxyl groups is 1. The van der Waals surface area contributed by atoms with Crippen LogP contribution in [0.5, 0.6) is 0 Å². The average molecular weight is 130 g/mol. The minimum absolute atomic E-state index is 0.144. The largest absolute Gasteiger partial charge is 0.393 e. The van der Waals surface area contributed by atoms with Crippen molar-refractivity contribution >= 4 is 0 Å². The van der Waals surface area contributed by atoms with Gasteiger partial charge in [0.2, 0.25) is 0 Å². The highest BCUT2D eigenvalue weighted by Gasteiger charge is 2.51. The molecule has 1 rings (SSSR count). The number of ether oxygens (including phenoxy) is 1. The smallest absolute Gasteiger partial charge is 0.0941 e. The van der Waals surface area contributed by atoms with Crippen molar-refractivity contribution in [1.82, 2.24) is 0 Å². The molecule has 1 N–H and O–H groups in total. The van der Waals surface area contributed by atoms with Crippen LogP contribution in [-0.2, 0) is 4.74 Å². The van der Waals surface area contributed by atoms with Gasteiger partial charge in [0.05, 0.1) is 12.2 Å². The molecule has 0 amide bonds. The van der Waals surface area contributed by atoms with Gasteiger partial charge in [0, 0.05) is 6.61 Å². The standard InChI is InChI=1S/C7H14O2/c1-3-9-7(5-8)4-6(7)2/h6,8H,3-5H2,1-2H3. The van der Waals surface area contributed by atoms with Gasteiger partial charge >= 0.3 is 0 Å². The Hall–Kier alpha value is -0.0800. The normalized spacial score (nSPS) is 41.0. The van der Waals surface area contributed by atoms with Crippen molar-refractivity contribution in [2.75, 3.05) is 13.2 Å². The summed E-state index contributed by atoms with van der Waals surface area (Å²) in [7, 11) is 0. The minimum atomic E-state index is -0.144. The van der Waals surface area contributed by atoms with Gasteiger partial charge in [-0.2, -0.15) is 0 Å². The van der Waals surface area contributed by atoms with Crippen molar-refractivity contribution in [3.05, 3.63) is 0 Å². The van der Waals surface area contributed by atoms with Gasteiger partial charge in [-0.3, -0.25) is 0 Å². The summed E-state index contributed by atoms with van der Waals surface area (Å²) >= 11 is 0. The SMILES string of the molecule is CCOC1(CO)CC1C. The molecule has 2 unspecified atom stereocenters. The molecule has 0 saturated heterocycles. The van der Waals surface area contributed by atoms with Crippen LogP contribution in [0, 0.1) is 5.92 Å². The Morgan fingerprint density at radius 1 is 1.78 bits per heavy atom. The van der Waals surface area contributed by atoms with Crippen LogP contribution >= 0.6 is 0 Å². The first kappa shape index (κ1) is 7.03. The van der Waals surface area contributed by atoms with Crippen molar-refractivity contribution in [2.45, 2.75) is 25.9 Å². The van der Waals surface area contributed by atoms with E-state index in [1.54, 1.807) is 0 Å². The molecule has 1 fully saturated rings. The van der Waals surface area contributed by atoms with Gasteiger partial charge in [0.1, 0.15) is 0 Å². The molecule has 9 heavy (non-hydrogen) atoms. The summed E-state index contributed by atoms with van der Waals surface area (Å²) in [6.45, 7) is 4.96. The van der Waals surface area contributed by atoms with E-state index >= 15 is 0 Å². The summed E-state index contributed by atoms with van der Waals surface area (Å²) < 4.78 is 5.35. The van der Waals surface area contributed by atoms with Crippen LogP contribution < -0.4 is 0 Å². The Morgan fingerprint density at radius 2 is 2.33 bits per heavy atom. The lowest BCUT2D eigenvalue weighted by Crippen LogP contribution is -2.21. The molecule has 54 valence electrons. The number of rotatable bonds is 3. The van der Waals surface area contributed by atoms with Crippen molar-refractivity contribution in [3.63, 3.8) is 0 Å². The molecule has 1 aliphatic rings. The summed E-state index contributed by atoms with van der Waals surface area (Å²) in [6.07, 6.45) is 1.03. The molecule has 0 radical (unpaired) electrons. The van der Waals surface area contributed by atoms with E-state index < -0.39 is 0 Å². The maximum Gasteiger partial charge on any atom is 0.0941 e. The summed E-state index contributed by atoms with van der Waals surface area (Å²) in [5.74, 6) is 0.558. The minimum Gasteiger partial charge on any atom is -0.393 e. The van der Waals surface area contributed by atoms with Gasteiger partial charge in [0.15, 0.2) is 0 Å². The first-order chi connectivity index (χ1) is 4.25. The fourth-order valence-electron chi connectivity index (χ4n) is 1.21. The third-order valence-electron chi connectivity index (χ3n) is 2.09. The Morgan fingerprint density at radius 3 is 2.44 bits per heavy atom. The monoisotopic (exact) mass is 130 g/mol. The molecule has 0 bridgehead atoms. The van der Waals surface area contributed by atoms with Gasteiger partial charge < -0.3 is 9.84 Å². The second-order valence-electron chi connectivity index (χ2n) is 2.76. The lowest BCUT2D eigenvalue weighted by molar-refractivity contribution is -0.0101. The zero-order valence-electron chi connectivity index (χ0n) is 6.05. The van der Waals surface area contributed by atoms with E-state index in [0.29, 0.717) is 12.5 Å². The molecule has 0 heterocycles. The molecule has 2 heteroatoms. The third-order valence-corrected chi connectivity index (χ3v) is 2.09. The highest BCUT2D eigenvalue weighted by atomic mass is 16.5. The Labute approximate surface area is 55.8 Å². The predicted octanol–water partition coefficient (Wildman–Crippen LogP) is 0.794. The van der Waals surface area contributed by atoms with E-state index in [1.165, 1.54) is 0 Å². The second-order valence-corrected chi connectivity index (χ2v) is 2.76. The fraction of sp³-hybridized carbons (Fsp3) is 1.00. The van der Waals surface area contributed by atoms with Crippen LogP contribution in [0.25, 0.3) is 0 Å². The molecular weight excluding hydrogens is 116 g/mol. The maximum absolute atomic E-state index is 8.83. The molecule has 0 aliphatic heterocycles. The maximum atomic E-state index is 8.83. The molecule has 0 aromatic carbocycles. The number of hydrogen-bond donors (Lipinski definition) is 1. The highest BCUT2D eigenvalue weighted by Crippen LogP contribution is 2.45. The average Bonchev–Trinajstić information content (AvgIpc) is 2.45. The van der Waals surface area contributed by atoms with Crippen LogP contribution in [-0.4, -0.2) is 23.9 Å². The van der Waals surface area contributed by atoms with Gasteiger partial charge in [0.25, 0.3) is 0 Å². The third kappa shape index (κ3) is 1.10. The van der Waals surface area contributed by atoms with Crippen molar-refractivity contribution < 1.29 is 9.84 Å². The topological polar surface area (TPSA) is 29.5 Å². The molecule has 1 aliphatic carbocycles. The molecule has 0 aromatic heterocycles. The zero-order chi connectivity index (χ0) is 6.91. The van der Waals surface area contributed by atoms with Gasteiger partial charge in [-0.25, -0.2) is 0 Å². The quantitative estimate of drug-likeness (QED) is 0.612. The number of aliphatic hydroxyl groups excluding tert-OH is 1. The Bertz CT molecular complexity index is 99.1. The van der Waals surface area contributed by atoms with Crippen molar-refractivity contribution in [3.8, 4) is 0 Å². The van der Waals surface area contributed by atoms with Crippen molar-refractivity contribution in [2.24, 2.45) is 5.92 Å². The first-order valence-electron chi connectivity index (χ1n) is 3.50. The Kier molecular flexibility index (Phi) is 1.78. The Balaban J connectivity index is 2.33. The summed E-state index contributed by atoms with van der Waals surface area (Å²) in [4.78, 5) is 0. The van der Waals surface area contributed by atoms with Crippen LogP contribution in [0.3, 0.4) is 0 Å². The summed E-state index contributed by atoms with van der Waals surface area (Å²) in [5, 5.41) is 8.83. The van der Waals surface area contributed by atoms with Gasteiger partial charge in [-0.15, -0.1) is 0 Å². The zero-order valence-corrected chi connectivity index (χ0v) is 6.05. The number of hydrogen-bond acceptors (Lipinski definition) is 2. The van der Waals surface area contributed by atoms with Crippen LogP contribution in [0.1, 0.15) is 20.3 Å². The molecule has 2 nitrogen and oxygen atoms in total. The van der Waals surface area contributed by atoms with Gasteiger partial charge in [-0.1, -0.05) is 6.92 Å². The molecule has 0 spiro atoms. The van der Waals surface area contributed by atoms with Crippen LogP contribution in [0.4, 0.5) is 0 Å². The summed E-state index contributed by atoms with van der Waals surface area (Å²) in [5.41, 5.74) is -0.144. The molecule has 2 atom stereocenters. The van der Waals surface area contributed by atoms with E-state index in [2.05, 4.69) is 6.92 Å². The second kappa shape index (κ2) is 2.27. The predicted molar refractivity (Wildman–Crippen MR) is 35.2 cm³/mol. The molecular formula is C7H14O2. The van der Waals surface area contributed by atoms with Crippen LogP contribution in [0.2, 0.25) is 0 Å². The first-order valence-corrected chi connectivity index (χ1v) is 3.50. The lowest BCUT2D eigenvalue weighted by atomic mass is 10.3. The highest BCUT2D eigenvalue weighted by molar-refractivity contribution is 5.02. The van der Waals surface area contributed by atoms with E-state index in [0.717, 1.165) is 6.42 Å². The van der Waals surface area contributed by atoms with Crippen LogP contribution in [0.15, 0.2) is 0 Å². The molecule has 0 aromatic rings. The van der Waals surface area contributed by atoms with Crippen molar-refractivity contribution in [1.29, 1.82) is 0 Å². The van der Waals surface area contributed by atoms with E-state index in [9.17, 15) is 0 Å². The van der Waals surface area contributed by atoms with E-state index in [-0.39, 0.29) is 12.2 Å². The molecule has 1 saturated carbocycles. The van der Waals surface area contributed by atoms with E-state index in [4.69, 9.17) is 9.84 Å². The fourth-order valence-corrected chi connectivity index (χ4v) is 1.21. The van der Waals surface area contributed by atoms with Gasteiger partial charge in [-0.05, 0) is 19.3 Å². The lowest BCUT2D eigenvalue weighted by Gasteiger charge is -2.11.